The van der Waals surface area contributed by atoms with Crippen molar-refractivity contribution in [3.8, 4) is 0 Å². The van der Waals surface area contributed by atoms with E-state index in [1.165, 1.54) is 18.2 Å². The van der Waals surface area contributed by atoms with Gasteiger partial charge in [-0.1, -0.05) is 24.6 Å². The van der Waals surface area contributed by atoms with E-state index in [2.05, 4.69) is 6.92 Å². The molecule has 4 nitrogen and oxygen atoms in total. The summed E-state index contributed by atoms with van der Waals surface area (Å²) in [6, 6.07) is 4.26. The van der Waals surface area contributed by atoms with E-state index >= 15 is 0 Å². The monoisotopic (exact) mass is 335 g/mol. The number of carbonyl (C=O) groups excluding carboxylic acids is 1. The Morgan fingerprint density at radius 2 is 1.90 bits per heavy atom. The fourth-order valence-corrected chi connectivity index (χ4v) is 3.66. The lowest BCUT2D eigenvalue weighted by Gasteiger charge is -2.30. The van der Waals surface area contributed by atoms with Crippen LogP contribution in [-0.2, 0) is 9.05 Å². The molecule has 110 valence electrons. The molecule has 0 aliphatic carbocycles. The molecule has 1 aromatic rings. The molecule has 1 heterocycles. The van der Waals surface area contributed by atoms with Crippen LogP contribution in [0.25, 0.3) is 0 Å². The third-order valence-electron chi connectivity index (χ3n) is 3.52. The second-order valence-electron chi connectivity index (χ2n) is 5.03. The van der Waals surface area contributed by atoms with Crippen molar-refractivity contribution in [1.29, 1.82) is 0 Å². The number of halogens is 2. The molecule has 1 fully saturated rings. The minimum absolute atomic E-state index is 0.0290. The average Bonchev–Trinajstić information content (AvgIpc) is 2.37. The number of piperidine rings is 1. The Morgan fingerprint density at radius 3 is 2.45 bits per heavy atom. The van der Waals surface area contributed by atoms with E-state index in [4.69, 9.17) is 22.3 Å². The smallest absolute Gasteiger partial charge is 0.262 e. The first-order chi connectivity index (χ1) is 9.30. The van der Waals surface area contributed by atoms with Crippen molar-refractivity contribution < 1.29 is 13.2 Å². The van der Waals surface area contributed by atoms with Crippen molar-refractivity contribution in [3.63, 3.8) is 0 Å². The van der Waals surface area contributed by atoms with Crippen molar-refractivity contribution in [2.24, 2.45) is 5.92 Å². The van der Waals surface area contributed by atoms with Crippen molar-refractivity contribution in [2.75, 3.05) is 13.1 Å². The molecule has 7 heteroatoms. The molecule has 0 spiro atoms. The second-order valence-corrected chi connectivity index (χ2v) is 7.97. The van der Waals surface area contributed by atoms with Gasteiger partial charge in [0.15, 0.2) is 0 Å². The molecular formula is C13H15Cl2NO3S. The molecule has 0 saturated carbocycles. The van der Waals surface area contributed by atoms with Gasteiger partial charge in [0.1, 0.15) is 0 Å². The first-order valence-electron chi connectivity index (χ1n) is 6.33. The fourth-order valence-electron chi connectivity index (χ4n) is 2.28. The molecule has 20 heavy (non-hydrogen) atoms. The van der Waals surface area contributed by atoms with Gasteiger partial charge in [0.2, 0.25) is 0 Å². The molecule has 1 aliphatic heterocycles. The molecule has 0 radical (unpaired) electrons. The van der Waals surface area contributed by atoms with Gasteiger partial charge >= 0.3 is 0 Å². The van der Waals surface area contributed by atoms with Crippen LogP contribution in [0.5, 0.6) is 0 Å². The summed E-state index contributed by atoms with van der Waals surface area (Å²) in [5.74, 6) is 0.197. The Hall–Kier alpha value is -0.780. The number of nitrogens with zero attached hydrogens (tertiary/aromatic N) is 1. The second kappa shape index (κ2) is 5.92. The molecule has 1 aromatic carbocycles. The minimum atomic E-state index is -4.01. The van der Waals surface area contributed by atoms with Crippen molar-refractivity contribution in [2.45, 2.75) is 24.7 Å². The van der Waals surface area contributed by atoms with Gasteiger partial charge in [-0.3, -0.25) is 4.79 Å². The average molecular weight is 336 g/mol. The van der Waals surface area contributed by atoms with E-state index in [0.717, 1.165) is 12.8 Å². The van der Waals surface area contributed by atoms with E-state index in [9.17, 15) is 13.2 Å². The van der Waals surface area contributed by atoms with Gasteiger partial charge in [-0.2, -0.15) is 0 Å². The molecule has 1 aliphatic rings. The predicted molar refractivity (Wildman–Crippen MR) is 78.8 cm³/mol. The molecule has 0 unspecified atom stereocenters. The Balaban J connectivity index is 2.40. The summed E-state index contributed by atoms with van der Waals surface area (Å²) in [4.78, 5) is 13.9. The number of hydrogen-bond donors (Lipinski definition) is 0. The Morgan fingerprint density at radius 1 is 1.30 bits per heavy atom. The fraction of sp³-hybridized carbons (Fsp3) is 0.462. The number of likely N-dealkylation sites (tertiary alicyclic amines) is 1. The van der Waals surface area contributed by atoms with Gasteiger partial charge in [0.05, 0.1) is 15.5 Å². The quantitative estimate of drug-likeness (QED) is 0.780. The number of amides is 1. The van der Waals surface area contributed by atoms with Crippen molar-refractivity contribution >= 4 is 37.2 Å². The van der Waals surface area contributed by atoms with E-state index in [0.29, 0.717) is 19.0 Å². The van der Waals surface area contributed by atoms with E-state index in [1.54, 1.807) is 4.90 Å². The molecule has 1 amide bonds. The summed E-state index contributed by atoms with van der Waals surface area (Å²) < 4.78 is 23.2. The third kappa shape index (κ3) is 3.27. The lowest BCUT2D eigenvalue weighted by molar-refractivity contribution is 0.0693. The van der Waals surface area contributed by atoms with Gasteiger partial charge in [0.25, 0.3) is 15.0 Å². The maximum Gasteiger partial charge on any atom is 0.262 e. The van der Waals surface area contributed by atoms with Crippen LogP contribution < -0.4 is 0 Å². The molecule has 1 saturated heterocycles. The number of benzene rings is 1. The lowest BCUT2D eigenvalue weighted by atomic mass is 9.98. The maximum atomic E-state index is 12.5. The van der Waals surface area contributed by atoms with Crippen LogP contribution in [0.2, 0.25) is 5.02 Å². The zero-order valence-electron chi connectivity index (χ0n) is 11.0. The summed E-state index contributed by atoms with van der Waals surface area (Å²) in [7, 11) is 1.37. The predicted octanol–water partition coefficient (Wildman–Crippen LogP) is 3.14. The largest absolute Gasteiger partial charge is 0.339 e. The van der Waals surface area contributed by atoms with Crippen molar-refractivity contribution in [1.82, 2.24) is 4.90 Å². The third-order valence-corrected chi connectivity index (χ3v) is 5.20. The summed E-state index contributed by atoms with van der Waals surface area (Å²) in [6.07, 6.45) is 1.80. The number of rotatable bonds is 2. The highest BCUT2D eigenvalue weighted by Gasteiger charge is 2.28. The first-order valence-corrected chi connectivity index (χ1v) is 9.02. The summed E-state index contributed by atoms with van der Waals surface area (Å²) >= 11 is 6.01. The van der Waals surface area contributed by atoms with E-state index < -0.39 is 9.05 Å². The van der Waals surface area contributed by atoms with Gasteiger partial charge in [-0.25, -0.2) is 8.42 Å². The maximum absolute atomic E-state index is 12.5. The number of carbonyl (C=O) groups is 1. The van der Waals surface area contributed by atoms with Gasteiger partial charge in [-0.05, 0) is 30.9 Å². The van der Waals surface area contributed by atoms with E-state index in [-0.39, 0.29) is 21.4 Å². The highest BCUT2D eigenvalue weighted by atomic mass is 35.7. The van der Waals surface area contributed by atoms with Crippen LogP contribution in [0.15, 0.2) is 23.1 Å². The van der Waals surface area contributed by atoms with Crippen LogP contribution >= 0.6 is 22.3 Å². The van der Waals surface area contributed by atoms with Crippen LogP contribution in [0.1, 0.15) is 30.1 Å². The van der Waals surface area contributed by atoms with Crippen molar-refractivity contribution in [3.05, 3.63) is 28.8 Å². The molecule has 2 rings (SSSR count). The molecular weight excluding hydrogens is 321 g/mol. The Kier molecular flexibility index (Phi) is 4.62. The summed E-state index contributed by atoms with van der Waals surface area (Å²) in [5.41, 5.74) is -0.0290. The van der Waals surface area contributed by atoms with Gasteiger partial charge in [-0.15, -0.1) is 0 Å². The summed E-state index contributed by atoms with van der Waals surface area (Å²) in [6.45, 7) is 3.34. The summed E-state index contributed by atoms with van der Waals surface area (Å²) in [5, 5.41) is 0.107. The topological polar surface area (TPSA) is 54.5 Å². The Bertz CT molecular complexity index is 623. The molecule has 0 atom stereocenters. The zero-order chi connectivity index (χ0) is 14.9. The SMILES string of the molecule is CC1CCN(C(=O)c2c(Cl)cccc2S(=O)(=O)Cl)CC1. The lowest BCUT2D eigenvalue weighted by Crippen LogP contribution is -2.38. The normalized spacial score (nSPS) is 17.2. The van der Waals surface area contributed by atoms with Gasteiger partial charge in [0, 0.05) is 23.8 Å². The Labute approximate surface area is 128 Å². The van der Waals surface area contributed by atoms with Crippen LogP contribution in [0.4, 0.5) is 0 Å². The molecule has 0 bridgehead atoms. The minimum Gasteiger partial charge on any atom is -0.339 e. The van der Waals surface area contributed by atoms with Crippen LogP contribution in [-0.4, -0.2) is 32.3 Å². The molecule has 0 N–H and O–H groups in total. The van der Waals surface area contributed by atoms with Crippen LogP contribution in [0.3, 0.4) is 0 Å². The standard InChI is InChI=1S/C13H15Cl2NO3S/c1-9-5-7-16(8-6-9)13(17)12-10(14)3-2-4-11(12)20(15,18)19/h2-4,9H,5-8H2,1H3. The highest BCUT2D eigenvalue weighted by molar-refractivity contribution is 8.13. The van der Waals surface area contributed by atoms with Crippen LogP contribution in [0, 0.1) is 5.92 Å². The first kappa shape index (κ1) is 15.6. The highest BCUT2D eigenvalue weighted by Crippen LogP contribution is 2.29. The van der Waals surface area contributed by atoms with E-state index in [1.807, 2.05) is 0 Å². The molecule has 0 aromatic heterocycles. The van der Waals surface area contributed by atoms with Gasteiger partial charge < -0.3 is 4.90 Å². The number of hydrogen-bond acceptors (Lipinski definition) is 3. The zero-order valence-corrected chi connectivity index (χ0v) is 13.3.